The summed E-state index contributed by atoms with van der Waals surface area (Å²) in [6, 6.07) is 0. The molecule has 0 aromatic rings. The van der Waals surface area contributed by atoms with Gasteiger partial charge in [0, 0.05) is 6.42 Å². The van der Waals surface area contributed by atoms with Crippen LogP contribution in [0.2, 0.25) is 0 Å². The Morgan fingerprint density at radius 1 is 1.14 bits per heavy atom. The van der Waals surface area contributed by atoms with Gasteiger partial charge in [-0.05, 0) is 85.8 Å². The second-order valence-corrected chi connectivity index (χ2v) is 8.28. The summed E-state index contributed by atoms with van der Waals surface area (Å²) in [7, 11) is 0. The maximum Gasteiger partial charge on any atom is 0.156 e. The zero-order chi connectivity index (χ0) is 15.5. The summed E-state index contributed by atoms with van der Waals surface area (Å²) in [5, 5.41) is 11.1. The summed E-state index contributed by atoms with van der Waals surface area (Å²) in [4.78, 5) is 11.7. The van der Waals surface area contributed by atoms with E-state index in [1.807, 2.05) is 6.08 Å². The molecule has 0 saturated heterocycles. The van der Waals surface area contributed by atoms with Crippen molar-refractivity contribution in [2.45, 2.75) is 70.8 Å². The van der Waals surface area contributed by atoms with Gasteiger partial charge in [-0.2, -0.15) is 0 Å². The monoisotopic (exact) mass is 300 g/mol. The predicted molar refractivity (Wildman–Crippen MR) is 87.3 cm³/mol. The molecule has 2 fully saturated rings. The second kappa shape index (κ2) is 5.06. The summed E-state index contributed by atoms with van der Waals surface area (Å²) >= 11 is 0. The number of hydrogen-bond donors (Lipinski definition) is 1. The fourth-order valence-corrected chi connectivity index (χ4v) is 6.00. The molecule has 0 amide bonds. The molecule has 0 radical (unpaired) electrons. The number of aliphatic hydroxyl groups is 1. The smallest absolute Gasteiger partial charge is 0.156 e. The number of ketones is 1. The molecular formula is C20H28O2. The van der Waals surface area contributed by atoms with Crippen molar-refractivity contribution in [3.63, 3.8) is 0 Å². The molecule has 2 nitrogen and oxygen atoms in total. The molecule has 120 valence electrons. The molecule has 0 aliphatic heterocycles. The highest BCUT2D eigenvalue weighted by molar-refractivity contribution is 5.93. The van der Waals surface area contributed by atoms with Gasteiger partial charge in [0.05, 0.1) is 5.60 Å². The van der Waals surface area contributed by atoms with E-state index in [1.54, 1.807) is 5.57 Å². The standard InChI is InChI=1S/C20H28O2/c1-12(2)20(22)10-9-18-17-5-3-13-11-14(21)4-6-15(13)16(17)7-8-19(18)20/h11-12,17-19,22H,3-10H2,1-2H3/t17-,18+,19?,20-/m1/s1. The third-order valence-corrected chi connectivity index (χ3v) is 7.18. The molecule has 4 aliphatic rings. The van der Waals surface area contributed by atoms with Crippen LogP contribution in [0.1, 0.15) is 65.2 Å². The van der Waals surface area contributed by atoms with Crippen LogP contribution in [0, 0.1) is 23.7 Å². The minimum atomic E-state index is -0.431. The largest absolute Gasteiger partial charge is 0.389 e. The average molecular weight is 300 g/mol. The lowest BCUT2D eigenvalue weighted by Crippen LogP contribution is -2.44. The van der Waals surface area contributed by atoms with Crippen molar-refractivity contribution in [3.8, 4) is 0 Å². The van der Waals surface area contributed by atoms with Crippen molar-refractivity contribution >= 4 is 5.78 Å². The van der Waals surface area contributed by atoms with Gasteiger partial charge in [-0.25, -0.2) is 0 Å². The summed E-state index contributed by atoms with van der Waals surface area (Å²) in [5.74, 6) is 2.55. The summed E-state index contributed by atoms with van der Waals surface area (Å²) < 4.78 is 0. The SMILES string of the molecule is CC(C)[C@]1(O)CC[C@@H]2C1CCC1=C3CCC(=O)C=C3CC[C@H]12. The zero-order valence-electron chi connectivity index (χ0n) is 13.9. The van der Waals surface area contributed by atoms with E-state index < -0.39 is 5.60 Å². The third kappa shape index (κ3) is 1.99. The van der Waals surface area contributed by atoms with Gasteiger partial charge in [0.25, 0.3) is 0 Å². The quantitative estimate of drug-likeness (QED) is 0.788. The Bertz CT molecular complexity index is 568. The van der Waals surface area contributed by atoms with Crippen molar-refractivity contribution in [1.82, 2.24) is 0 Å². The molecule has 2 heteroatoms. The number of carbonyl (C=O) groups is 1. The van der Waals surface area contributed by atoms with Crippen LogP contribution in [0.25, 0.3) is 0 Å². The van der Waals surface area contributed by atoms with Gasteiger partial charge < -0.3 is 5.11 Å². The molecule has 4 atom stereocenters. The van der Waals surface area contributed by atoms with Crippen molar-refractivity contribution in [1.29, 1.82) is 0 Å². The fraction of sp³-hybridized carbons (Fsp3) is 0.750. The first-order chi connectivity index (χ1) is 10.5. The Balaban J connectivity index is 1.68. The molecule has 0 aromatic heterocycles. The number of rotatable bonds is 1. The van der Waals surface area contributed by atoms with E-state index in [0.717, 1.165) is 32.1 Å². The van der Waals surface area contributed by atoms with E-state index in [4.69, 9.17) is 0 Å². The van der Waals surface area contributed by atoms with Crippen LogP contribution < -0.4 is 0 Å². The number of hydrogen-bond acceptors (Lipinski definition) is 2. The van der Waals surface area contributed by atoms with Crippen molar-refractivity contribution < 1.29 is 9.90 Å². The molecular weight excluding hydrogens is 272 g/mol. The lowest BCUT2D eigenvalue weighted by atomic mass is 9.61. The molecule has 1 N–H and O–H groups in total. The zero-order valence-corrected chi connectivity index (χ0v) is 13.9. The van der Waals surface area contributed by atoms with Crippen LogP contribution in [0.5, 0.6) is 0 Å². The predicted octanol–water partition coefficient (Wildman–Crippen LogP) is 4.19. The highest BCUT2D eigenvalue weighted by Crippen LogP contribution is 2.58. The topological polar surface area (TPSA) is 37.3 Å². The molecule has 4 rings (SSSR count). The van der Waals surface area contributed by atoms with Crippen LogP contribution >= 0.6 is 0 Å². The maximum absolute atomic E-state index is 11.7. The van der Waals surface area contributed by atoms with Crippen LogP contribution in [-0.2, 0) is 4.79 Å². The normalized spacial score (nSPS) is 41.2. The summed E-state index contributed by atoms with van der Waals surface area (Å²) in [5.41, 5.74) is 4.12. The van der Waals surface area contributed by atoms with E-state index in [-0.39, 0.29) is 0 Å². The van der Waals surface area contributed by atoms with E-state index >= 15 is 0 Å². The Morgan fingerprint density at radius 2 is 1.95 bits per heavy atom. The summed E-state index contributed by atoms with van der Waals surface area (Å²) in [6.07, 6.45) is 10.4. The maximum atomic E-state index is 11.7. The van der Waals surface area contributed by atoms with Gasteiger partial charge in [0.2, 0.25) is 0 Å². The molecule has 0 aromatic carbocycles. The van der Waals surface area contributed by atoms with Gasteiger partial charge in [-0.3, -0.25) is 4.79 Å². The van der Waals surface area contributed by atoms with E-state index in [2.05, 4.69) is 13.8 Å². The van der Waals surface area contributed by atoms with Gasteiger partial charge in [0.1, 0.15) is 0 Å². The second-order valence-electron chi connectivity index (χ2n) is 8.28. The lowest BCUT2D eigenvalue weighted by Gasteiger charge is -2.46. The molecule has 2 saturated carbocycles. The van der Waals surface area contributed by atoms with E-state index in [9.17, 15) is 9.90 Å². The first-order valence-electron chi connectivity index (χ1n) is 9.18. The molecule has 4 aliphatic carbocycles. The van der Waals surface area contributed by atoms with E-state index in [1.165, 1.54) is 24.0 Å². The van der Waals surface area contributed by atoms with Crippen molar-refractivity contribution in [3.05, 3.63) is 22.8 Å². The first kappa shape index (κ1) is 14.7. The Labute approximate surface area is 133 Å². The molecule has 0 heterocycles. The van der Waals surface area contributed by atoms with Crippen LogP contribution in [-0.4, -0.2) is 16.5 Å². The van der Waals surface area contributed by atoms with Crippen LogP contribution in [0.4, 0.5) is 0 Å². The molecule has 22 heavy (non-hydrogen) atoms. The molecule has 1 unspecified atom stereocenters. The van der Waals surface area contributed by atoms with Crippen molar-refractivity contribution in [2.75, 3.05) is 0 Å². The minimum absolute atomic E-state index is 0.321. The highest BCUT2D eigenvalue weighted by Gasteiger charge is 2.54. The minimum Gasteiger partial charge on any atom is -0.389 e. The van der Waals surface area contributed by atoms with Crippen molar-refractivity contribution in [2.24, 2.45) is 23.7 Å². The Morgan fingerprint density at radius 3 is 2.73 bits per heavy atom. The molecule has 0 spiro atoms. The van der Waals surface area contributed by atoms with Gasteiger partial charge in [-0.15, -0.1) is 0 Å². The average Bonchev–Trinajstić information content (AvgIpc) is 2.85. The Hall–Kier alpha value is -0.890. The number of fused-ring (bicyclic) bond motifs is 4. The first-order valence-corrected chi connectivity index (χ1v) is 9.18. The number of carbonyl (C=O) groups excluding carboxylic acids is 1. The van der Waals surface area contributed by atoms with Gasteiger partial charge in [-0.1, -0.05) is 19.4 Å². The fourth-order valence-electron chi connectivity index (χ4n) is 6.00. The van der Waals surface area contributed by atoms with Gasteiger partial charge >= 0.3 is 0 Å². The highest BCUT2D eigenvalue weighted by atomic mass is 16.3. The van der Waals surface area contributed by atoms with Gasteiger partial charge in [0.15, 0.2) is 5.78 Å². The number of allylic oxidation sites excluding steroid dienone is 4. The summed E-state index contributed by atoms with van der Waals surface area (Å²) in [6.45, 7) is 4.37. The Kier molecular flexibility index (Phi) is 3.38. The van der Waals surface area contributed by atoms with Crippen LogP contribution in [0.15, 0.2) is 22.8 Å². The van der Waals surface area contributed by atoms with Crippen LogP contribution in [0.3, 0.4) is 0 Å². The molecule has 0 bridgehead atoms. The third-order valence-electron chi connectivity index (χ3n) is 7.18. The lowest BCUT2D eigenvalue weighted by molar-refractivity contribution is -0.114. The van der Waals surface area contributed by atoms with E-state index in [0.29, 0.717) is 35.9 Å².